The lowest BCUT2D eigenvalue weighted by Gasteiger charge is -2.23. The molecule has 8 aromatic rings. The van der Waals surface area contributed by atoms with E-state index in [4.69, 9.17) is 0 Å². The van der Waals surface area contributed by atoms with Crippen LogP contribution in [0.15, 0.2) is 115 Å². The highest BCUT2D eigenvalue weighted by atomic mass is 19.4. The summed E-state index contributed by atoms with van der Waals surface area (Å²) in [7, 11) is 0. The Bertz CT molecular complexity index is 2350. The van der Waals surface area contributed by atoms with Crippen molar-refractivity contribution in [3.05, 3.63) is 144 Å². The summed E-state index contributed by atoms with van der Waals surface area (Å²) >= 11 is 0. The van der Waals surface area contributed by atoms with Crippen molar-refractivity contribution < 1.29 is 22.0 Å². The molecule has 6 aromatic carbocycles. The average Bonchev–Trinajstić information content (AvgIpc) is 3.51. The zero-order chi connectivity index (χ0) is 31.9. The number of fused-ring (bicyclic) bond motifs is 6. The van der Waals surface area contributed by atoms with Crippen molar-refractivity contribution in [2.24, 2.45) is 0 Å². The second-order valence-electron chi connectivity index (χ2n) is 11.8. The van der Waals surface area contributed by atoms with Crippen molar-refractivity contribution in [3.8, 4) is 22.5 Å². The molecule has 0 spiro atoms. The summed E-state index contributed by atoms with van der Waals surface area (Å²) in [6.45, 7) is 3.88. The van der Waals surface area contributed by atoms with Crippen LogP contribution < -0.4 is 0 Å². The van der Waals surface area contributed by atoms with Crippen molar-refractivity contribution in [3.63, 3.8) is 0 Å². The molecule has 46 heavy (non-hydrogen) atoms. The van der Waals surface area contributed by atoms with Gasteiger partial charge in [-0.1, -0.05) is 59.7 Å². The van der Waals surface area contributed by atoms with Gasteiger partial charge in [-0.2, -0.15) is 13.2 Å². The van der Waals surface area contributed by atoms with E-state index in [1.807, 2.05) is 74.5 Å². The summed E-state index contributed by atoms with van der Waals surface area (Å²) in [4.78, 5) is 0. The van der Waals surface area contributed by atoms with Gasteiger partial charge in [0.1, 0.15) is 17.2 Å². The molecule has 0 bridgehead atoms. The largest absolute Gasteiger partial charge is 0.420 e. The standard InChI is InChI=1S/C39H25F5N2/c1-22-11-13-34-30(15-22)28-7-3-5-9-32(28)45(34)36-19-25(24-17-26(40)21-27(41)18-24)20-37(38(36)39(42,43)44)46-33-10-6-4-8-29(33)31-16-23(2)12-14-35(31)46/h3-21H,1-2H3. The smallest absolute Gasteiger partial charge is 0.309 e. The molecule has 0 aliphatic rings. The van der Waals surface area contributed by atoms with Crippen LogP contribution in [0.25, 0.3) is 66.1 Å². The van der Waals surface area contributed by atoms with Gasteiger partial charge < -0.3 is 9.13 Å². The number of para-hydroxylation sites is 2. The predicted molar refractivity (Wildman–Crippen MR) is 175 cm³/mol. The molecule has 0 amide bonds. The number of benzene rings is 6. The maximum Gasteiger partial charge on any atom is 0.420 e. The highest BCUT2D eigenvalue weighted by molar-refractivity contribution is 6.11. The van der Waals surface area contributed by atoms with Crippen LogP contribution >= 0.6 is 0 Å². The van der Waals surface area contributed by atoms with E-state index in [0.29, 0.717) is 22.1 Å². The van der Waals surface area contributed by atoms with Gasteiger partial charge in [0.15, 0.2) is 0 Å². The van der Waals surface area contributed by atoms with E-state index in [2.05, 4.69) is 0 Å². The molecule has 0 fully saturated rings. The maximum atomic E-state index is 15.7. The number of rotatable bonds is 3. The average molecular weight is 617 g/mol. The fourth-order valence-electron chi connectivity index (χ4n) is 6.83. The maximum absolute atomic E-state index is 15.7. The van der Waals surface area contributed by atoms with Crippen LogP contribution in [0.4, 0.5) is 22.0 Å². The van der Waals surface area contributed by atoms with E-state index in [1.54, 1.807) is 33.4 Å². The molecular formula is C39H25F5N2. The fraction of sp³-hybridized carbons (Fsp3) is 0.0769. The van der Waals surface area contributed by atoms with Gasteiger partial charge in [-0.25, -0.2) is 8.78 Å². The van der Waals surface area contributed by atoms with Gasteiger partial charge in [0.05, 0.1) is 33.4 Å². The Balaban J connectivity index is 1.61. The van der Waals surface area contributed by atoms with Crippen molar-refractivity contribution in [1.82, 2.24) is 9.13 Å². The van der Waals surface area contributed by atoms with Crippen LogP contribution in [0.5, 0.6) is 0 Å². The Morgan fingerprint density at radius 3 is 1.33 bits per heavy atom. The first-order valence-electron chi connectivity index (χ1n) is 14.8. The number of aromatic nitrogens is 2. The van der Waals surface area contributed by atoms with Crippen LogP contribution in [-0.2, 0) is 6.18 Å². The molecule has 2 heterocycles. The van der Waals surface area contributed by atoms with Gasteiger partial charge in [-0.15, -0.1) is 0 Å². The number of hydrogen-bond acceptors (Lipinski definition) is 0. The van der Waals surface area contributed by atoms with Crippen LogP contribution in [0.3, 0.4) is 0 Å². The number of nitrogens with zero attached hydrogens (tertiary/aromatic N) is 2. The normalized spacial score (nSPS) is 12.2. The number of aryl methyl sites for hydroxylation is 2. The SMILES string of the molecule is Cc1ccc2c(c1)c1ccccc1n2-c1cc(-c2cc(F)cc(F)c2)cc(-n2c3ccccc3c3cc(C)ccc32)c1C(F)(F)F. The quantitative estimate of drug-likeness (QED) is 0.175. The molecule has 0 aliphatic carbocycles. The van der Waals surface area contributed by atoms with Crippen LogP contribution in [0, 0.1) is 25.5 Å². The van der Waals surface area contributed by atoms with Gasteiger partial charge in [0, 0.05) is 27.6 Å². The van der Waals surface area contributed by atoms with Crippen LogP contribution in [0.1, 0.15) is 16.7 Å². The van der Waals surface area contributed by atoms with Gasteiger partial charge in [-0.05, 0) is 85.6 Å². The molecule has 0 N–H and O–H groups in total. The van der Waals surface area contributed by atoms with Gasteiger partial charge in [-0.3, -0.25) is 0 Å². The van der Waals surface area contributed by atoms with E-state index in [-0.39, 0.29) is 22.5 Å². The lowest BCUT2D eigenvalue weighted by atomic mass is 9.98. The van der Waals surface area contributed by atoms with E-state index in [1.165, 1.54) is 12.1 Å². The number of halogens is 5. The topological polar surface area (TPSA) is 9.86 Å². The minimum atomic E-state index is -4.82. The van der Waals surface area contributed by atoms with Crippen LogP contribution in [0.2, 0.25) is 0 Å². The third-order valence-corrected chi connectivity index (χ3v) is 8.71. The second-order valence-corrected chi connectivity index (χ2v) is 11.8. The van der Waals surface area contributed by atoms with E-state index in [9.17, 15) is 8.78 Å². The van der Waals surface area contributed by atoms with Crippen LogP contribution in [-0.4, -0.2) is 9.13 Å². The molecule has 8 rings (SSSR count). The number of hydrogen-bond donors (Lipinski definition) is 0. The molecule has 0 radical (unpaired) electrons. The summed E-state index contributed by atoms with van der Waals surface area (Å²) in [5.41, 5.74) is 3.50. The first kappa shape index (κ1) is 28.1. The lowest BCUT2D eigenvalue weighted by Crippen LogP contribution is -2.16. The van der Waals surface area contributed by atoms with Gasteiger partial charge in [0.25, 0.3) is 0 Å². The monoisotopic (exact) mass is 616 g/mol. The second kappa shape index (κ2) is 10.0. The molecule has 0 atom stereocenters. The summed E-state index contributed by atoms with van der Waals surface area (Å²) in [6.07, 6.45) is -4.82. The first-order valence-corrected chi connectivity index (χ1v) is 14.8. The summed E-state index contributed by atoms with van der Waals surface area (Å²) < 4.78 is 79.7. The molecule has 0 saturated heterocycles. The zero-order valence-electron chi connectivity index (χ0n) is 24.8. The Kier molecular flexibility index (Phi) is 6.13. The molecule has 0 aliphatic heterocycles. The predicted octanol–water partition coefficient (Wildman–Crippen LogP) is 11.5. The number of alkyl halides is 3. The first-order chi connectivity index (χ1) is 22.1. The third-order valence-electron chi connectivity index (χ3n) is 8.71. The summed E-state index contributed by atoms with van der Waals surface area (Å²) in [5, 5.41) is 3.20. The van der Waals surface area contributed by atoms with Gasteiger partial charge in [0.2, 0.25) is 0 Å². The Labute approximate surface area is 260 Å². The van der Waals surface area contributed by atoms with Crippen molar-refractivity contribution in [1.29, 1.82) is 0 Å². The molecule has 226 valence electrons. The van der Waals surface area contributed by atoms with E-state index >= 15 is 13.2 Å². The molecule has 7 heteroatoms. The van der Waals surface area contributed by atoms with Crippen molar-refractivity contribution in [2.75, 3.05) is 0 Å². The Morgan fingerprint density at radius 1 is 0.457 bits per heavy atom. The third kappa shape index (κ3) is 4.30. The molecule has 2 nitrogen and oxygen atoms in total. The zero-order valence-corrected chi connectivity index (χ0v) is 24.8. The van der Waals surface area contributed by atoms with Crippen molar-refractivity contribution >= 4 is 43.6 Å². The molecular weight excluding hydrogens is 591 g/mol. The Hall–Kier alpha value is -5.43. The lowest BCUT2D eigenvalue weighted by molar-refractivity contribution is -0.137. The summed E-state index contributed by atoms with van der Waals surface area (Å²) in [5.74, 6) is -1.64. The molecule has 0 saturated carbocycles. The minimum absolute atomic E-state index is 0.127. The molecule has 0 unspecified atom stereocenters. The van der Waals surface area contributed by atoms with E-state index < -0.39 is 23.4 Å². The Morgan fingerprint density at radius 2 is 0.870 bits per heavy atom. The highest BCUT2D eigenvalue weighted by Crippen LogP contribution is 2.46. The summed E-state index contributed by atoms with van der Waals surface area (Å²) in [6, 6.07) is 31.8. The highest BCUT2D eigenvalue weighted by Gasteiger charge is 2.39. The molecule has 2 aromatic heterocycles. The fourth-order valence-corrected chi connectivity index (χ4v) is 6.83. The minimum Gasteiger partial charge on any atom is -0.309 e. The van der Waals surface area contributed by atoms with Crippen molar-refractivity contribution in [2.45, 2.75) is 20.0 Å². The van der Waals surface area contributed by atoms with E-state index in [0.717, 1.165) is 50.9 Å². The van der Waals surface area contributed by atoms with Gasteiger partial charge >= 0.3 is 6.18 Å².